The molecule has 1 aromatic carbocycles. The highest BCUT2D eigenvalue weighted by molar-refractivity contribution is 5.21. The fraction of sp³-hybridized carbons (Fsp3) is 0.625. The van der Waals surface area contributed by atoms with E-state index in [1.54, 1.807) is 7.11 Å². The molecule has 0 fully saturated rings. The summed E-state index contributed by atoms with van der Waals surface area (Å²) in [5.41, 5.74) is 2.65. The molecule has 0 aliphatic heterocycles. The fourth-order valence-corrected chi connectivity index (χ4v) is 2.02. The van der Waals surface area contributed by atoms with Crippen molar-refractivity contribution in [2.75, 3.05) is 27.3 Å². The first-order chi connectivity index (χ1) is 9.02. The summed E-state index contributed by atoms with van der Waals surface area (Å²) in [6.45, 7) is 9.12. The average molecular weight is 264 g/mol. The van der Waals surface area contributed by atoms with Gasteiger partial charge in [0.05, 0.1) is 6.61 Å². The van der Waals surface area contributed by atoms with Gasteiger partial charge in [0, 0.05) is 32.3 Å². The Bertz CT molecular complexity index is 348. The van der Waals surface area contributed by atoms with Gasteiger partial charge in [-0.1, -0.05) is 43.7 Å². The summed E-state index contributed by atoms with van der Waals surface area (Å²) in [7, 11) is 3.92. The molecule has 0 aromatic heterocycles. The predicted octanol–water partition coefficient (Wildman–Crippen LogP) is 2.44. The molecular weight excluding hydrogens is 236 g/mol. The van der Waals surface area contributed by atoms with E-state index in [1.165, 1.54) is 11.1 Å². The van der Waals surface area contributed by atoms with Crippen LogP contribution in [0.4, 0.5) is 0 Å². The molecule has 0 heterocycles. The monoisotopic (exact) mass is 264 g/mol. The number of ether oxygens (including phenoxy) is 1. The maximum atomic E-state index is 5.33. The zero-order valence-electron chi connectivity index (χ0n) is 12.9. The number of methoxy groups -OCH3 is 1. The summed E-state index contributed by atoms with van der Waals surface area (Å²) in [4.78, 5) is 2.35. The molecule has 108 valence electrons. The number of rotatable bonds is 8. The smallest absolute Gasteiger partial charge is 0.0630 e. The third kappa shape index (κ3) is 6.19. The van der Waals surface area contributed by atoms with E-state index in [0.717, 1.165) is 19.7 Å². The second kappa shape index (κ2) is 8.31. The molecule has 0 saturated carbocycles. The Kier molecular flexibility index (Phi) is 7.06. The van der Waals surface area contributed by atoms with Crippen LogP contribution in [-0.2, 0) is 11.3 Å². The van der Waals surface area contributed by atoms with Crippen LogP contribution in [0, 0.1) is 6.92 Å². The van der Waals surface area contributed by atoms with E-state index < -0.39 is 0 Å². The van der Waals surface area contributed by atoms with Crippen molar-refractivity contribution in [3.63, 3.8) is 0 Å². The van der Waals surface area contributed by atoms with Crippen molar-refractivity contribution in [2.24, 2.45) is 0 Å². The highest BCUT2D eigenvalue weighted by Gasteiger charge is 2.15. The Balaban J connectivity index is 2.55. The molecule has 0 aliphatic carbocycles. The van der Waals surface area contributed by atoms with E-state index in [4.69, 9.17) is 4.74 Å². The van der Waals surface area contributed by atoms with E-state index in [9.17, 15) is 0 Å². The fourth-order valence-electron chi connectivity index (χ4n) is 2.02. The Labute approximate surface area is 118 Å². The number of hydrogen-bond acceptors (Lipinski definition) is 3. The second-order valence-corrected chi connectivity index (χ2v) is 5.57. The molecule has 0 spiro atoms. The Morgan fingerprint density at radius 3 is 2.37 bits per heavy atom. The number of nitrogens with one attached hydrogen (secondary N) is 1. The molecule has 1 unspecified atom stereocenters. The van der Waals surface area contributed by atoms with Crippen molar-refractivity contribution in [2.45, 2.75) is 39.4 Å². The molecule has 1 aromatic rings. The van der Waals surface area contributed by atoms with Gasteiger partial charge in [-0.25, -0.2) is 0 Å². The molecule has 0 aliphatic rings. The van der Waals surface area contributed by atoms with E-state index >= 15 is 0 Å². The van der Waals surface area contributed by atoms with Gasteiger partial charge in [-0.2, -0.15) is 0 Å². The maximum absolute atomic E-state index is 5.33. The van der Waals surface area contributed by atoms with Gasteiger partial charge in [0.15, 0.2) is 0 Å². The molecule has 0 saturated heterocycles. The Morgan fingerprint density at radius 1 is 1.21 bits per heavy atom. The van der Waals surface area contributed by atoms with Crippen molar-refractivity contribution in [3.05, 3.63) is 35.4 Å². The van der Waals surface area contributed by atoms with Gasteiger partial charge in [-0.05, 0) is 19.5 Å². The van der Waals surface area contributed by atoms with Gasteiger partial charge in [0.2, 0.25) is 0 Å². The topological polar surface area (TPSA) is 24.5 Å². The van der Waals surface area contributed by atoms with Gasteiger partial charge < -0.3 is 10.1 Å². The molecule has 3 heteroatoms. The highest BCUT2D eigenvalue weighted by Crippen LogP contribution is 2.08. The molecule has 1 N–H and O–H groups in total. The molecular formula is C16H28N2O. The minimum atomic E-state index is 0.397. The number of likely N-dealkylation sites (N-methyl/N-ethyl adjacent to an activating group) is 1. The molecule has 0 radical (unpaired) electrons. The van der Waals surface area contributed by atoms with Gasteiger partial charge in [0.25, 0.3) is 0 Å². The molecule has 1 rings (SSSR count). The Hall–Kier alpha value is -0.900. The number of benzene rings is 1. The van der Waals surface area contributed by atoms with E-state index in [0.29, 0.717) is 12.1 Å². The van der Waals surface area contributed by atoms with Crippen molar-refractivity contribution < 1.29 is 4.74 Å². The summed E-state index contributed by atoms with van der Waals surface area (Å²) >= 11 is 0. The number of nitrogens with zero attached hydrogens (tertiary/aromatic N) is 1. The van der Waals surface area contributed by atoms with E-state index in [1.807, 2.05) is 0 Å². The first-order valence-electron chi connectivity index (χ1n) is 7.01. The first kappa shape index (κ1) is 16.2. The van der Waals surface area contributed by atoms with Crippen LogP contribution in [0.15, 0.2) is 24.3 Å². The summed E-state index contributed by atoms with van der Waals surface area (Å²) < 4.78 is 5.33. The standard InChI is InChI=1S/C16H28N2O/c1-13(2)17-10-16(12-19-5)18(4)11-15-8-6-14(3)7-9-15/h6-9,13,16-17H,10-12H2,1-5H3. The minimum Gasteiger partial charge on any atom is -0.383 e. The van der Waals surface area contributed by atoms with Crippen LogP contribution in [0.2, 0.25) is 0 Å². The van der Waals surface area contributed by atoms with E-state index in [2.05, 4.69) is 62.3 Å². The largest absolute Gasteiger partial charge is 0.383 e. The maximum Gasteiger partial charge on any atom is 0.0630 e. The summed E-state index contributed by atoms with van der Waals surface area (Å²) in [6.07, 6.45) is 0. The van der Waals surface area contributed by atoms with Crippen LogP contribution in [0.5, 0.6) is 0 Å². The lowest BCUT2D eigenvalue weighted by Gasteiger charge is -2.28. The van der Waals surface area contributed by atoms with Crippen molar-refractivity contribution >= 4 is 0 Å². The lowest BCUT2D eigenvalue weighted by molar-refractivity contribution is 0.100. The van der Waals surface area contributed by atoms with Crippen molar-refractivity contribution in [1.82, 2.24) is 10.2 Å². The Morgan fingerprint density at radius 2 is 1.84 bits per heavy atom. The quantitative estimate of drug-likeness (QED) is 0.780. The minimum absolute atomic E-state index is 0.397. The highest BCUT2D eigenvalue weighted by atomic mass is 16.5. The summed E-state index contributed by atoms with van der Waals surface area (Å²) in [5.74, 6) is 0. The summed E-state index contributed by atoms with van der Waals surface area (Å²) in [6, 6.07) is 9.64. The molecule has 0 bridgehead atoms. The van der Waals surface area contributed by atoms with Crippen molar-refractivity contribution in [3.8, 4) is 0 Å². The van der Waals surface area contributed by atoms with Gasteiger partial charge >= 0.3 is 0 Å². The zero-order chi connectivity index (χ0) is 14.3. The third-order valence-electron chi connectivity index (χ3n) is 3.30. The van der Waals surface area contributed by atoms with Crippen molar-refractivity contribution in [1.29, 1.82) is 0 Å². The third-order valence-corrected chi connectivity index (χ3v) is 3.30. The second-order valence-electron chi connectivity index (χ2n) is 5.57. The van der Waals surface area contributed by atoms with Crippen LogP contribution in [-0.4, -0.2) is 44.3 Å². The first-order valence-corrected chi connectivity index (χ1v) is 7.01. The average Bonchev–Trinajstić information content (AvgIpc) is 2.37. The van der Waals surface area contributed by atoms with Crippen LogP contribution < -0.4 is 5.32 Å². The van der Waals surface area contributed by atoms with E-state index in [-0.39, 0.29) is 0 Å². The molecule has 1 atom stereocenters. The number of aryl methyl sites for hydroxylation is 1. The lowest BCUT2D eigenvalue weighted by atomic mass is 10.1. The van der Waals surface area contributed by atoms with Gasteiger partial charge in [0.1, 0.15) is 0 Å². The SMILES string of the molecule is COCC(CNC(C)C)N(C)Cc1ccc(C)cc1. The molecule has 19 heavy (non-hydrogen) atoms. The lowest BCUT2D eigenvalue weighted by Crippen LogP contribution is -2.44. The molecule has 0 amide bonds. The van der Waals surface area contributed by atoms with Gasteiger partial charge in [-0.15, -0.1) is 0 Å². The normalized spacial score (nSPS) is 13.2. The van der Waals surface area contributed by atoms with Gasteiger partial charge in [-0.3, -0.25) is 4.90 Å². The summed E-state index contributed by atoms with van der Waals surface area (Å²) in [5, 5.41) is 3.48. The van der Waals surface area contributed by atoms with Crippen LogP contribution in [0.1, 0.15) is 25.0 Å². The van der Waals surface area contributed by atoms with Crippen LogP contribution >= 0.6 is 0 Å². The van der Waals surface area contributed by atoms with Crippen LogP contribution in [0.25, 0.3) is 0 Å². The zero-order valence-corrected chi connectivity index (χ0v) is 12.9. The predicted molar refractivity (Wildman–Crippen MR) is 81.4 cm³/mol. The molecule has 3 nitrogen and oxygen atoms in total. The number of hydrogen-bond donors (Lipinski definition) is 1. The van der Waals surface area contributed by atoms with Crippen LogP contribution in [0.3, 0.4) is 0 Å².